The summed E-state index contributed by atoms with van der Waals surface area (Å²) in [6.07, 6.45) is 4.18. The molecule has 2 unspecified atom stereocenters. The molecule has 1 saturated heterocycles. The highest BCUT2D eigenvalue weighted by Gasteiger charge is 2.35. The third-order valence-electron chi connectivity index (χ3n) is 7.51. The van der Waals surface area contributed by atoms with Crippen LogP contribution in [0.2, 0.25) is 0 Å². The van der Waals surface area contributed by atoms with E-state index in [1.807, 2.05) is 35.8 Å². The second-order valence-electron chi connectivity index (χ2n) is 10.1. The minimum absolute atomic E-state index is 0.0427. The molecule has 1 fully saturated rings. The zero-order chi connectivity index (χ0) is 28.2. The predicted molar refractivity (Wildman–Crippen MR) is 155 cm³/mol. The summed E-state index contributed by atoms with van der Waals surface area (Å²) in [4.78, 5) is 40.4. The zero-order valence-electron chi connectivity index (χ0n) is 23.0. The molecular weight excluding hydrogens is 508 g/mol. The molecule has 2 aromatic carbocycles. The van der Waals surface area contributed by atoms with Crippen LogP contribution in [0.4, 0.5) is 11.4 Å². The van der Waals surface area contributed by atoms with Gasteiger partial charge in [0.05, 0.1) is 25.6 Å². The number of nitrogens with zero attached hydrogens (tertiary/aromatic N) is 2. The Morgan fingerprint density at radius 1 is 1.00 bits per heavy atom. The van der Waals surface area contributed by atoms with Crippen molar-refractivity contribution in [3.05, 3.63) is 87.8 Å². The van der Waals surface area contributed by atoms with Crippen LogP contribution in [0, 0.1) is 5.92 Å². The Hall–Kier alpha value is -4.53. The largest absolute Gasteiger partial charge is 0.493 e. The number of nitrogens with one attached hydrogen (secondary N) is 2. The molecule has 0 radical (unpaired) electrons. The fourth-order valence-electron chi connectivity index (χ4n) is 5.71. The van der Waals surface area contributed by atoms with Gasteiger partial charge in [-0.3, -0.25) is 14.4 Å². The summed E-state index contributed by atoms with van der Waals surface area (Å²) in [5.41, 5.74) is 3.76. The van der Waals surface area contributed by atoms with Gasteiger partial charge in [0, 0.05) is 55.5 Å². The average Bonchev–Trinajstić information content (AvgIpc) is 2.96. The van der Waals surface area contributed by atoms with Crippen LogP contribution < -0.4 is 30.6 Å². The first kappa shape index (κ1) is 27.1. The molecule has 3 heterocycles. The molecule has 208 valence electrons. The molecular formula is C31H34N4O5. The number of benzene rings is 2. The van der Waals surface area contributed by atoms with Crippen molar-refractivity contribution in [2.24, 2.45) is 5.92 Å². The quantitative estimate of drug-likeness (QED) is 0.419. The molecule has 9 heteroatoms. The Morgan fingerprint density at radius 2 is 1.82 bits per heavy atom. The highest BCUT2D eigenvalue weighted by Crippen LogP contribution is 2.39. The van der Waals surface area contributed by atoms with E-state index in [-0.39, 0.29) is 23.3 Å². The fourth-order valence-corrected chi connectivity index (χ4v) is 5.71. The summed E-state index contributed by atoms with van der Waals surface area (Å²) >= 11 is 0. The van der Waals surface area contributed by atoms with Crippen molar-refractivity contribution in [3.63, 3.8) is 0 Å². The Labute approximate surface area is 233 Å². The summed E-state index contributed by atoms with van der Waals surface area (Å²) in [5.74, 6) is 1.17. The summed E-state index contributed by atoms with van der Waals surface area (Å²) in [5, 5.41) is 5.83. The van der Waals surface area contributed by atoms with Crippen molar-refractivity contribution in [2.75, 3.05) is 44.1 Å². The van der Waals surface area contributed by atoms with Gasteiger partial charge in [-0.05, 0) is 67.3 Å². The lowest BCUT2D eigenvalue weighted by atomic mass is 9.83. The normalized spacial score (nSPS) is 17.7. The Bertz CT molecular complexity index is 1510. The molecule has 0 spiro atoms. The van der Waals surface area contributed by atoms with E-state index in [1.54, 1.807) is 50.6 Å². The maximum atomic E-state index is 13.1. The average molecular weight is 543 g/mol. The number of anilines is 2. The number of pyridine rings is 1. The number of ether oxygens (including phenoxy) is 2. The molecule has 2 aliphatic rings. The minimum Gasteiger partial charge on any atom is -0.493 e. The zero-order valence-corrected chi connectivity index (χ0v) is 23.0. The number of aromatic nitrogens is 1. The Balaban J connectivity index is 1.41. The number of methoxy groups -OCH3 is 2. The molecule has 2 bridgehead atoms. The van der Waals surface area contributed by atoms with Crippen molar-refractivity contribution >= 4 is 29.3 Å². The maximum Gasteiger partial charge on any atom is 0.251 e. The van der Waals surface area contributed by atoms with Gasteiger partial charge in [0.2, 0.25) is 5.91 Å². The van der Waals surface area contributed by atoms with Crippen LogP contribution in [0.3, 0.4) is 0 Å². The van der Waals surface area contributed by atoms with E-state index in [9.17, 15) is 14.4 Å². The molecule has 2 N–H and O–H groups in total. The molecule has 1 aromatic heterocycles. The van der Waals surface area contributed by atoms with Gasteiger partial charge >= 0.3 is 0 Å². The van der Waals surface area contributed by atoms with Gasteiger partial charge in [-0.25, -0.2) is 0 Å². The molecule has 2 amide bonds. The van der Waals surface area contributed by atoms with E-state index in [2.05, 4.69) is 15.5 Å². The SMILES string of the molecule is CCNC(=O)c1ccc(N2CC3CC(C2)c2cccc(=O)n2C3)c(NC(=O)C=Cc2ccc(OC)c(OC)c2)c1. The lowest BCUT2D eigenvalue weighted by Crippen LogP contribution is -2.47. The van der Waals surface area contributed by atoms with Gasteiger partial charge in [-0.2, -0.15) is 0 Å². The van der Waals surface area contributed by atoms with Crippen molar-refractivity contribution in [1.29, 1.82) is 0 Å². The fraction of sp³-hybridized carbons (Fsp3) is 0.323. The van der Waals surface area contributed by atoms with Crippen molar-refractivity contribution in [1.82, 2.24) is 9.88 Å². The number of carbonyl (C=O) groups excluding carboxylic acids is 2. The molecule has 9 nitrogen and oxygen atoms in total. The van der Waals surface area contributed by atoms with Gasteiger partial charge in [0.15, 0.2) is 11.5 Å². The van der Waals surface area contributed by atoms with Crippen LogP contribution in [0.1, 0.15) is 40.9 Å². The van der Waals surface area contributed by atoms with E-state index in [0.29, 0.717) is 48.3 Å². The Kier molecular flexibility index (Phi) is 7.91. The number of piperidine rings is 1. The summed E-state index contributed by atoms with van der Waals surface area (Å²) in [7, 11) is 3.13. The highest BCUT2D eigenvalue weighted by molar-refractivity contribution is 6.05. The van der Waals surface area contributed by atoms with Crippen molar-refractivity contribution in [2.45, 2.75) is 25.8 Å². The lowest BCUT2D eigenvalue weighted by molar-refractivity contribution is -0.111. The summed E-state index contributed by atoms with van der Waals surface area (Å²) < 4.78 is 12.5. The number of hydrogen-bond donors (Lipinski definition) is 2. The third-order valence-corrected chi connectivity index (χ3v) is 7.51. The number of fused-ring (bicyclic) bond motifs is 4. The molecule has 5 rings (SSSR count). The van der Waals surface area contributed by atoms with Gasteiger partial charge in [-0.1, -0.05) is 12.1 Å². The van der Waals surface area contributed by atoms with E-state index < -0.39 is 0 Å². The molecule has 0 aliphatic carbocycles. The molecule has 0 saturated carbocycles. The first-order valence-electron chi connectivity index (χ1n) is 13.5. The topological polar surface area (TPSA) is 102 Å². The van der Waals surface area contributed by atoms with Gasteiger partial charge in [0.1, 0.15) is 0 Å². The lowest BCUT2D eigenvalue weighted by Gasteiger charge is -2.44. The minimum atomic E-state index is -0.321. The van der Waals surface area contributed by atoms with Crippen LogP contribution in [0.15, 0.2) is 65.5 Å². The number of hydrogen-bond acceptors (Lipinski definition) is 6. The number of rotatable bonds is 8. The van der Waals surface area contributed by atoms with Gasteiger partial charge in [-0.15, -0.1) is 0 Å². The van der Waals surface area contributed by atoms with Crippen LogP contribution in [-0.2, 0) is 11.3 Å². The first-order valence-corrected chi connectivity index (χ1v) is 13.5. The Morgan fingerprint density at radius 3 is 2.60 bits per heavy atom. The number of carbonyl (C=O) groups is 2. The summed E-state index contributed by atoms with van der Waals surface area (Å²) in [6.45, 7) is 4.51. The molecule has 2 atom stereocenters. The smallest absolute Gasteiger partial charge is 0.251 e. The summed E-state index contributed by atoms with van der Waals surface area (Å²) in [6, 6.07) is 16.3. The van der Waals surface area contributed by atoms with Crippen molar-refractivity contribution in [3.8, 4) is 11.5 Å². The number of amides is 2. The standard InChI is InChI=1S/C31H34N4O5/c1-4-32-31(38)22-10-11-26(34-17-21-14-23(19-34)25-6-5-7-30(37)35(25)18-21)24(16-22)33-29(36)13-9-20-8-12-27(39-2)28(15-20)40-3/h5-13,15-16,21,23H,4,14,17-19H2,1-3H3,(H,32,38)(H,33,36). The van der Waals surface area contributed by atoms with Gasteiger partial charge in [0.25, 0.3) is 11.5 Å². The van der Waals surface area contributed by atoms with Crippen LogP contribution >= 0.6 is 0 Å². The van der Waals surface area contributed by atoms with E-state index in [1.165, 1.54) is 6.08 Å². The van der Waals surface area contributed by atoms with Gasteiger partial charge < -0.3 is 29.6 Å². The van der Waals surface area contributed by atoms with E-state index in [0.717, 1.165) is 29.9 Å². The molecule has 3 aromatic rings. The van der Waals surface area contributed by atoms with Crippen LogP contribution in [-0.4, -0.2) is 50.2 Å². The highest BCUT2D eigenvalue weighted by atomic mass is 16.5. The molecule has 40 heavy (non-hydrogen) atoms. The molecule has 2 aliphatic heterocycles. The maximum absolute atomic E-state index is 13.1. The van der Waals surface area contributed by atoms with E-state index in [4.69, 9.17) is 9.47 Å². The van der Waals surface area contributed by atoms with Crippen LogP contribution in [0.25, 0.3) is 6.08 Å². The first-order chi connectivity index (χ1) is 19.4. The van der Waals surface area contributed by atoms with Crippen molar-refractivity contribution < 1.29 is 19.1 Å². The third kappa shape index (κ3) is 5.59. The monoisotopic (exact) mass is 542 g/mol. The van der Waals surface area contributed by atoms with E-state index >= 15 is 0 Å². The predicted octanol–water partition coefficient (Wildman–Crippen LogP) is 3.89. The second-order valence-corrected chi connectivity index (χ2v) is 10.1. The second kappa shape index (κ2) is 11.7. The van der Waals surface area contributed by atoms with Crippen LogP contribution in [0.5, 0.6) is 11.5 Å².